The van der Waals surface area contributed by atoms with Gasteiger partial charge in [-0.3, -0.25) is 9.59 Å². The Labute approximate surface area is 138 Å². The van der Waals surface area contributed by atoms with Gasteiger partial charge in [-0.05, 0) is 42.5 Å². The first kappa shape index (κ1) is 15.6. The zero-order valence-corrected chi connectivity index (χ0v) is 13.0. The van der Waals surface area contributed by atoms with Crippen molar-refractivity contribution in [2.75, 3.05) is 12.4 Å². The van der Waals surface area contributed by atoms with E-state index < -0.39 is 0 Å². The number of nitrogens with one attached hydrogen (secondary N) is 1. The maximum Gasteiger partial charge on any atom is 0.248 e. The fourth-order valence-electron chi connectivity index (χ4n) is 2.23. The fraction of sp³-hybridized carbons (Fsp3) is 0.0526. The average molecular weight is 321 g/mol. The standard InChI is InChI=1S/C19H15NO4/c1-23-15-9-7-14(8-10-15)20-18(21)11-6-13-12-24-17-5-3-2-4-16(17)19(13)22/h2-12H,1H3,(H,20,21)/b11-6+. The lowest BCUT2D eigenvalue weighted by atomic mass is 10.1. The maximum absolute atomic E-state index is 12.3. The molecule has 3 rings (SSSR count). The number of carbonyl (C=O) groups excluding carboxylic acids is 1. The number of ether oxygens (including phenoxy) is 1. The summed E-state index contributed by atoms with van der Waals surface area (Å²) in [4.78, 5) is 24.3. The summed E-state index contributed by atoms with van der Waals surface area (Å²) in [5.41, 5.74) is 1.29. The van der Waals surface area contributed by atoms with E-state index >= 15 is 0 Å². The molecule has 1 N–H and O–H groups in total. The molecule has 5 nitrogen and oxygen atoms in total. The van der Waals surface area contributed by atoms with Crippen LogP contribution in [0.25, 0.3) is 17.0 Å². The first-order valence-electron chi connectivity index (χ1n) is 7.31. The van der Waals surface area contributed by atoms with Crippen molar-refractivity contribution in [3.63, 3.8) is 0 Å². The van der Waals surface area contributed by atoms with E-state index in [1.165, 1.54) is 18.4 Å². The van der Waals surface area contributed by atoms with Crippen LogP contribution < -0.4 is 15.5 Å². The summed E-state index contributed by atoms with van der Waals surface area (Å²) in [6, 6.07) is 13.9. The van der Waals surface area contributed by atoms with Crippen LogP contribution in [0, 0.1) is 0 Å². The first-order valence-corrected chi connectivity index (χ1v) is 7.31. The molecule has 120 valence electrons. The highest BCUT2D eigenvalue weighted by atomic mass is 16.5. The fourth-order valence-corrected chi connectivity index (χ4v) is 2.23. The number of hydrogen-bond donors (Lipinski definition) is 1. The van der Waals surface area contributed by atoms with E-state index in [1.54, 1.807) is 55.6 Å². The molecule has 2 aromatic carbocycles. The molecular formula is C19H15NO4. The molecule has 0 fully saturated rings. The number of amides is 1. The molecule has 5 heteroatoms. The van der Waals surface area contributed by atoms with Gasteiger partial charge in [0.15, 0.2) is 5.43 Å². The van der Waals surface area contributed by atoms with Gasteiger partial charge in [0.1, 0.15) is 17.6 Å². The van der Waals surface area contributed by atoms with Gasteiger partial charge in [0, 0.05) is 11.8 Å². The third-order valence-corrected chi connectivity index (χ3v) is 3.48. The number of methoxy groups -OCH3 is 1. The van der Waals surface area contributed by atoms with Gasteiger partial charge in [0.05, 0.1) is 18.1 Å². The molecule has 0 aliphatic carbocycles. The number of fused-ring (bicyclic) bond motifs is 1. The number of hydrogen-bond acceptors (Lipinski definition) is 4. The molecule has 0 unspecified atom stereocenters. The lowest BCUT2D eigenvalue weighted by Gasteiger charge is -2.03. The zero-order valence-electron chi connectivity index (χ0n) is 13.0. The number of benzene rings is 2. The van der Waals surface area contributed by atoms with Crippen LogP contribution in [0.1, 0.15) is 5.56 Å². The van der Waals surface area contributed by atoms with E-state index in [-0.39, 0.29) is 11.3 Å². The van der Waals surface area contributed by atoms with Crippen molar-refractivity contribution >= 4 is 28.6 Å². The number of para-hydroxylation sites is 1. The van der Waals surface area contributed by atoms with Crippen molar-refractivity contribution in [1.82, 2.24) is 0 Å². The Kier molecular flexibility index (Phi) is 4.43. The topological polar surface area (TPSA) is 68.5 Å². The monoisotopic (exact) mass is 321 g/mol. The van der Waals surface area contributed by atoms with Gasteiger partial charge >= 0.3 is 0 Å². The maximum atomic E-state index is 12.3. The van der Waals surface area contributed by atoms with E-state index in [0.717, 1.165) is 0 Å². The van der Waals surface area contributed by atoms with Crippen LogP contribution in [0.5, 0.6) is 5.75 Å². The normalized spacial score (nSPS) is 10.9. The Morgan fingerprint density at radius 2 is 1.88 bits per heavy atom. The molecule has 0 radical (unpaired) electrons. The Hall–Kier alpha value is -3.34. The van der Waals surface area contributed by atoms with Gasteiger partial charge in [-0.2, -0.15) is 0 Å². The minimum absolute atomic E-state index is 0.176. The summed E-state index contributed by atoms with van der Waals surface area (Å²) in [5, 5.41) is 3.19. The van der Waals surface area contributed by atoms with E-state index in [4.69, 9.17) is 9.15 Å². The summed E-state index contributed by atoms with van der Waals surface area (Å²) >= 11 is 0. The predicted molar refractivity (Wildman–Crippen MR) is 93.1 cm³/mol. The van der Waals surface area contributed by atoms with Crippen LogP contribution >= 0.6 is 0 Å². The second-order valence-corrected chi connectivity index (χ2v) is 5.07. The molecule has 1 aromatic heterocycles. The molecule has 1 amide bonds. The van der Waals surface area contributed by atoms with Gasteiger partial charge in [-0.15, -0.1) is 0 Å². The van der Waals surface area contributed by atoms with Crippen molar-refractivity contribution in [3.8, 4) is 5.75 Å². The van der Waals surface area contributed by atoms with Gasteiger partial charge in [-0.1, -0.05) is 12.1 Å². The molecule has 0 bridgehead atoms. The molecule has 0 aliphatic heterocycles. The molecule has 0 aliphatic rings. The Balaban J connectivity index is 1.76. The smallest absolute Gasteiger partial charge is 0.248 e. The van der Waals surface area contributed by atoms with E-state index in [2.05, 4.69) is 5.32 Å². The molecule has 0 saturated heterocycles. The van der Waals surface area contributed by atoms with Crippen LogP contribution in [0.15, 0.2) is 70.1 Å². The van der Waals surface area contributed by atoms with Crippen molar-refractivity contribution in [2.45, 2.75) is 0 Å². The van der Waals surface area contributed by atoms with Crippen LogP contribution in [0.4, 0.5) is 5.69 Å². The summed E-state index contributed by atoms with van der Waals surface area (Å²) in [5.74, 6) is 0.366. The lowest BCUT2D eigenvalue weighted by Crippen LogP contribution is -2.09. The number of carbonyl (C=O) groups is 1. The molecule has 0 saturated carbocycles. The highest BCUT2D eigenvalue weighted by molar-refractivity contribution is 6.02. The second-order valence-electron chi connectivity index (χ2n) is 5.07. The Morgan fingerprint density at radius 1 is 1.12 bits per heavy atom. The first-order chi connectivity index (χ1) is 11.7. The summed E-state index contributed by atoms with van der Waals surface area (Å²) in [7, 11) is 1.57. The van der Waals surface area contributed by atoms with Crippen LogP contribution in [-0.2, 0) is 4.79 Å². The molecule has 3 aromatic rings. The predicted octanol–water partition coefficient (Wildman–Crippen LogP) is 3.45. The van der Waals surface area contributed by atoms with Crippen LogP contribution in [0.3, 0.4) is 0 Å². The average Bonchev–Trinajstić information content (AvgIpc) is 2.62. The Bertz CT molecular complexity index is 955. The van der Waals surface area contributed by atoms with Gasteiger partial charge in [0.2, 0.25) is 5.91 Å². The second kappa shape index (κ2) is 6.83. The minimum Gasteiger partial charge on any atom is -0.497 e. The molecule has 0 spiro atoms. The molecule has 1 heterocycles. The zero-order chi connectivity index (χ0) is 16.9. The minimum atomic E-state index is -0.340. The van der Waals surface area contributed by atoms with Crippen molar-refractivity contribution in [1.29, 1.82) is 0 Å². The van der Waals surface area contributed by atoms with Crippen molar-refractivity contribution in [2.24, 2.45) is 0 Å². The van der Waals surface area contributed by atoms with Crippen molar-refractivity contribution in [3.05, 3.63) is 76.7 Å². The van der Waals surface area contributed by atoms with E-state index in [9.17, 15) is 9.59 Å². The summed E-state index contributed by atoms with van der Waals surface area (Å²) in [6.07, 6.45) is 4.09. The van der Waals surface area contributed by atoms with Crippen LogP contribution in [0.2, 0.25) is 0 Å². The highest BCUT2D eigenvalue weighted by Crippen LogP contribution is 2.15. The van der Waals surface area contributed by atoms with Crippen molar-refractivity contribution < 1.29 is 13.9 Å². The number of rotatable bonds is 4. The van der Waals surface area contributed by atoms with Gasteiger partial charge < -0.3 is 14.5 Å². The van der Waals surface area contributed by atoms with E-state index in [0.29, 0.717) is 28.0 Å². The van der Waals surface area contributed by atoms with Gasteiger partial charge in [-0.25, -0.2) is 0 Å². The third-order valence-electron chi connectivity index (χ3n) is 3.48. The quantitative estimate of drug-likeness (QED) is 0.747. The molecular weight excluding hydrogens is 306 g/mol. The van der Waals surface area contributed by atoms with Gasteiger partial charge in [0.25, 0.3) is 0 Å². The summed E-state index contributed by atoms with van der Waals surface area (Å²) in [6.45, 7) is 0. The Morgan fingerprint density at radius 3 is 2.62 bits per heavy atom. The number of anilines is 1. The van der Waals surface area contributed by atoms with Crippen LogP contribution in [-0.4, -0.2) is 13.0 Å². The highest BCUT2D eigenvalue weighted by Gasteiger charge is 2.04. The lowest BCUT2D eigenvalue weighted by molar-refractivity contribution is -0.111. The SMILES string of the molecule is COc1ccc(NC(=O)/C=C/c2coc3ccccc3c2=O)cc1. The third kappa shape index (κ3) is 3.35. The molecule has 0 atom stereocenters. The molecule has 24 heavy (non-hydrogen) atoms. The summed E-state index contributed by atoms with van der Waals surface area (Å²) < 4.78 is 10.5. The van der Waals surface area contributed by atoms with E-state index in [1.807, 2.05) is 0 Å². The largest absolute Gasteiger partial charge is 0.497 e.